The van der Waals surface area contributed by atoms with Gasteiger partial charge in [-0.2, -0.15) is 10.2 Å². The van der Waals surface area contributed by atoms with Crippen LogP contribution in [0.15, 0.2) is 131 Å². The molecule has 0 aliphatic heterocycles. The number of benzene rings is 5. The van der Waals surface area contributed by atoms with Gasteiger partial charge >= 0.3 is 5.97 Å². The summed E-state index contributed by atoms with van der Waals surface area (Å²) in [5, 5.41) is 16.9. The molecule has 0 saturated carbocycles. The number of hydrogen-bond acceptors (Lipinski definition) is 9. The van der Waals surface area contributed by atoms with Crippen LogP contribution in [0.4, 0.5) is 11.4 Å². The molecule has 0 bridgehead atoms. The van der Waals surface area contributed by atoms with E-state index in [-0.39, 0.29) is 28.2 Å². The minimum atomic E-state index is -0.771. The lowest BCUT2D eigenvalue weighted by molar-refractivity contribution is 0.0600. The van der Waals surface area contributed by atoms with Crippen LogP contribution >= 0.6 is 0 Å². The molecule has 8 rings (SSSR count). The molecule has 13 heteroatoms. The van der Waals surface area contributed by atoms with Gasteiger partial charge < -0.3 is 19.8 Å². The molecule has 0 aliphatic carbocycles. The number of para-hydroxylation sites is 1. The first kappa shape index (κ1) is 37.5. The molecule has 0 spiro atoms. The molecule has 0 atom stereocenters. The average Bonchev–Trinajstić information content (AvgIpc) is 3.80. The zero-order valence-electron chi connectivity index (χ0n) is 32.1. The van der Waals surface area contributed by atoms with Crippen LogP contribution in [0.25, 0.3) is 32.8 Å². The third-order valence-electron chi connectivity index (χ3n) is 10.2. The number of nitrogens with one attached hydrogen (secondary N) is 2. The van der Waals surface area contributed by atoms with Crippen LogP contribution in [0.2, 0.25) is 0 Å². The second kappa shape index (κ2) is 16.0. The summed E-state index contributed by atoms with van der Waals surface area (Å²) in [6.07, 6.45) is 4.54. The van der Waals surface area contributed by atoms with E-state index in [1.54, 1.807) is 24.3 Å². The van der Waals surface area contributed by atoms with Crippen molar-refractivity contribution in [1.29, 1.82) is 0 Å². The number of aromatic nitrogens is 4. The van der Waals surface area contributed by atoms with Crippen LogP contribution in [0, 0.1) is 0 Å². The Bertz CT molecular complexity index is 2830. The highest BCUT2D eigenvalue weighted by atomic mass is 16.5. The molecule has 5 aromatic carbocycles. The highest BCUT2D eigenvalue weighted by molar-refractivity contribution is 6.13. The predicted molar refractivity (Wildman–Crippen MR) is 222 cm³/mol. The van der Waals surface area contributed by atoms with Gasteiger partial charge in [-0.25, -0.2) is 4.79 Å². The standard InChI is InChI=1S/C45H39N7O6/c1-50-38-16-10-29(20-32(38)24-46-50)26-52(27-30-11-17-39-33(21-30)25-47-51(39)2)19-18-28-8-13-34(14-9-28)48-43(54)35-15-12-31(45(56)57-3)22-37(35)49-44(55)42-23-40(53)36-6-4-5-7-41(36)58-42/h4-17,20-25H,18-19,26-27H2,1-3H3,(H,48,54)(H,49,55). The Kier molecular flexibility index (Phi) is 10.4. The lowest BCUT2D eigenvalue weighted by atomic mass is 10.1. The van der Waals surface area contributed by atoms with Crippen molar-refractivity contribution in [2.24, 2.45) is 14.1 Å². The van der Waals surface area contributed by atoms with Crippen LogP contribution in [0.3, 0.4) is 0 Å². The quantitative estimate of drug-likeness (QED) is 0.124. The largest absolute Gasteiger partial charge is 0.465 e. The first-order valence-corrected chi connectivity index (χ1v) is 18.6. The normalized spacial score (nSPS) is 11.4. The van der Waals surface area contributed by atoms with Crippen LogP contribution in [0.5, 0.6) is 0 Å². The molecule has 0 radical (unpaired) electrons. The Morgan fingerprint density at radius 1 is 0.724 bits per heavy atom. The van der Waals surface area contributed by atoms with E-state index in [1.165, 1.54) is 36.4 Å². The van der Waals surface area contributed by atoms with Crippen molar-refractivity contribution in [3.05, 3.63) is 165 Å². The van der Waals surface area contributed by atoms with Crippen LogP contribution in [-0.4, -0.2) is 55.9 Å². The lowest BCUT2D eigenvalue weighted by Crippen LogP contribution is -2.25. The van der Waals surface area contributed by atoms with E-state index in [2.05, 4.69) is 62.1 Å². The number of esters is 1. The van der Waals surface area contributed by atoms with E-state index in [4.69, 9.17) is 9.15 Å². The van der Waals surface area contributed by atoms with Crippen molar-refractivity contribution in [3.63, 3.8) is 0 Å². The van der Waals surface area contributed by atoms with Gasteiger partial charge in [-0.05, 0) is 89.8 Å². The van der Waals surface area contributed by atoms with Gasteiger partial charge in [0.15, 0.2) is 11.2 Å². The number of amides is 2. The summed E-state index contributed by atoms with van der Waals surface area (Å²) in [4.78, 5) is 54.5. The lowest BCUT2D eigenvalue weighted by Gasteiger charge is -2.23. The molecule has 0 unspecified atom stereocenters. The van der Waals surface area contributed by atoms with Crippen molar-refractivity contribution >= 4 is 61.9 Å². The molecule has 0 fully saturated rings. The smallest absolute Gasteiger partial charge is 0.337 e. The fraction of sp³-hybridized carbons (Fsp3) is 0.156. The van der Waals surface area contributed by atoms with Gasteiger partial charge in [0.05, 0.1) is 52.7 Å². The Labute approximate surface area is 332 Å². The number of rotatable bonds is 12. The summed E-state index contributed by atoms with van der Waals surface area (Å²) in [5.74, 6) is -2.20. The zero-order chi connectivity index (χ0) is 40.3. The highest BCUT2D eigenvalue weighted by Crippen LogP contribution is 2.24. The Morgan fingerprint density at radius 3 is 2.02 bits per heavy atom. The maximum atomic E-state index is 13.7. The molecular weight excluding hydrogens is 735 g/mol. The fourth-order valence-electron chi connectivity index (χ4n) is 7.08. The van der Waals surface area contributed by atoms with E-state index < -0.39 is 23.2 Å². The monoisotopic (exact) mass is 773 g/mol. The molecule has 290 valence electrons. The van der Waals surface area contributed by atoms with Crippen LogP contribution < -0.4 is 16.1 Å². The van der Waals surface area contributed by atoms with Crippen LogP contribution in [0.1, 0.15) is 48.0 Å². The molecule has 3 aromatic heterocycles. The summed E-state index contributed by atoms with van der Waals surface area (Å²) in [6.45, 7) is 2.25. The van der Waals surface area contributed by atoms with Crippen molar-refractivity contribution < 1.29 is 23.5 Å². The summed E-state index contributed by atoms with van der Waals surface area (Å²) in [7, 11) is 5.12. The summed E-state index contributed by atoms with van der Waals surface area (Å²) < 4.78 is 14.3. The van der Waals surface area contributed by atoms with Crippen molar-refractivity contribution in [3.8, 4) is 0 Å². The van der Waals surface area contributed by atoms with Gasteiger partial charge in [0.25, 0.3) is 11.8 Å². The average molecular weight is 774 g/mol. The summed E-state index contributed by atoms with van der Waals surface area (Å²) in [6, 6.07) is 32.4. The SMILES string of the molecule is COC(=O)c1ccc(C(=O)Nc2ccc(CCN(Cc3ccc4c(cnn4C)c3)Cc3ccc4c(cnn4C)c3)cc2)c(NC(=O)c2cc(=O)c3ccccc3o2)c1. The minimum Gasteiger partial charge on any atom is -0.465 e. The third kappa shape index (κ3) is 7.97. The second-order valence-electron chi connectivity index (χ2n) is 14.1. The first-order chi connectivity index (χ1) is 28.1. The van der Waals surface area contributed by atoms with E-state index >= 15 is 0 Å². The topological polar surface area (TPSA) is 154 Å². The molecule has 2 amide bonds. The molecule has 8 aromatic rings. The van der Waals surface area contributed by atoms with Crippen LogP contribution in [-0.2, 0) is 38.3 Å². The Balaban J connectivity index is 0.976. The molecule has 0 aliphatic rings. The van der Waals surface area contributed by atoms with E-state index in [0.717, 1.165) is 59.5 Å². The predicted octanol–water partition coefficient (Wildman–Crippen LogP) is 7.10. The molecule has 0 saturated heterocycles. The van der Waals surface area contributed by atoms with E-state index in [1.807, 2.05) is 60.1 Å². The summed E-state index contributed by atoms with van der Waals surface area (Å²) >= 11 is 0. The minimum absolute atomic E-state index is 0.0308. The van der Waals surface area contributed by atoms with Gasteiger partial charge in [-0.15, -0.1) is 0 Å². The van der Waals surface area contributed by atoms with E-state index in [0.29, 0.717) is 11.1 Å². The number of carbonyl (C=O) groups excluding carboxylic acids is 3. The van der Waals surface area contributed by atoms with Gasteiger partial charge in [0, 0.05) is 56.3 Å². The molecule has 13 nitrogen and oxygen atoms in total. The third-order valence-corrected chi connectivity index (χ3v) is 10.2. The van der Waals surface area contributed by atoms with Crippen molar-refractivity contribution in [1.82, 2.24) is 24.5 Å². The number of nitrogens with zero attached hydrogens (tertiary/aromatic N) is 5. The number of hydrogen-bond donors (Lipinski definition) is 2. The number of ether oxygens (including phenoxy) is 1. The molecular formula is C45H39N7O6. The van der Waals surface area contributed by atoms with E-state index in [9.17, 15) is 19.2 Å². The maximum absolute atomic E-state index is 13.7. The molecule has 3 heterocycles. The van der Waals surface area contributed by atoms with Gasteiger partial charge in [0.2, 0.25) is 0 Å². The zero-order valence-corrected chi connectivity index (χ0v) is 32.1. The number of fused-ring (bicyclic) bond motifs is 3. The van der Waals surface area contributed by atoms with Gasteiger partial charge in [-0.3, -0.25) is 28.6 Å². The summed E-state index contributed by atoms with van der Waals surface area (Å²) in [5.41, 5.74) is 6.24. The molecule has 2 N–H and O–H groups in total. The Hall–Kier alpha value is -7.38. The van der Waals surface area contributed by atoms with Gasteiger partial charge in [-0.1, -0.05) is 36.4 Å². The second-order valence-corrected chi connectivity index (χ2v) is 14.1. The maximum Gasteiger partial charge on any atom is 0.337 e. The molecule has 58 heavy (non-hydrogen) atoms. The number of anilines is 2. The van der Waals surface area contributed by atoms with Gasteiger partial charge in [0.1, 0.15) is 5.58 Å². The first-order valence-electron chi connectivity index (χ1n) is 18.6. The number of methoxy groups -OCH3 is 1. The highest BCUT2D eigenvalue weighted by Gasteiger charge is 2.20. The number of aryl methyl sites for hydroxylation is 2. The fourth-order valence-corrected chi connectivity index (χ4v) is 7.08. The Morgan fingerprint density at radius 2 is 1.36 bits per heavy atom. The van der Waals surface area contributed by atoms with Crippen molar-refractivity contribution in [2.75, 3.05) is 24.3 Å². The number of carbonyl (C=O) groups is 3. The van der Waals surface area contributed by atoms with Crippen molar-refractivity contribution in [2.45, 2.75) is 19.5 Å².